The van der Waals surface area contributed by atoms with Crippen molar-refractivity contribution in [1.29, 1.82) is 0 Å². The third-order valence-electron chi connectivity index (χ3n) is 3.19. The summed E-state index contributed by atoms with van der Waals surface area (Å²) in [4.78, 5) is 13.8. The lowest BCUT2D eigenvalue weighted by Gasteiger charge is -2.16. The van der Waals surface area contributed by atoms with Crippen molar-refractivity contribution in [2.75, 3.05) is 27.3 Å². The van der Waals surface area contributed by atoms with E-state index in [9.17, 15) is 4.79 Å². The fourth-order valence-corrected chi connectivity index (χ4v) is 2.01. The van der Waals surface area contributed by atoms with Crippen LogP contribution >= 0.6 is 0 Å². The molecule has 0 atom stereocenters. The molecule has 5 heteroatoms. The Morgan fingerprint density at radius 3 is 2.82 bits per heavy atom. The summed E-state index contributed by atoms with van der Waals surface area (Å²) in [6.07, 6.45) is 0. The van der Waals surface area contributed by atoms with Crippen molar-refractivity contribution in [1.82, 2.24) is 4.90 Å². The zero-order chi connectivity index (χ0) is 15.9. The number of methoxy groups -OCH3 is 1. The summed E-state index contributed by atoms with van der Waals surface area (Å²) < 4.78 is 16.0. The van der Waals surface area contributed by atoms with Crippen LogP contribution in [-0.2, 0) is 11.3 Å². The average molecular weight is 303 g/mol. The number of ether oxygens (including phenoxy) is 2. The molecule has 118 valence electrons. The van der Waals surface area contributed by atoms with E-state index in [-0.39, 0.29) is 5.91 Å². The Morgan fingerprint density at radius 2 is 2.09 bits per heavy atom. The topological polar surface area (TPSA) is 51.9 Å². The highest BCUT2D eigenvalue weighted by atomic mass is 16.5. The summed E-state index contributed by atoms with van der Waals surface area (Å²) in [6, 6.07) is 11.2. The minimum Gasteiger partial charge on any atom is -0.492 e. The fraction of sp³-hybridized carbons (Fsp3) is 0.353. The number of carbonyl (C=O) groups is 1. The monoisotopic (exact) mass is 303 g/mol. The van der Waals surface area contributed by atoms with Gasteiger partial charge in [0.1, 0.15) is 24.7 Å². The SMILES string of the molecule is COCc1ccc(C(=O)N(C)CCOc2cccc(C)c2)o1. The summed E-state index contributed by atoms with van der Waals surface area (Å²) in [5, 5.41) is 0. The van der Waals surface area contributed by atoms with Gasteiger partial charge in [-0.25, -0.2) is 0 Å². The molecule has 22 heavy (non-hydrogen) atoms. The van der Waals surface area contributed by atoms with E-state index >= 15 is 0 Å². The van der Waals surface area contributed by atoms with Crippen LogP contribution in [0.25, 0.3) is 0 Å². The molecule has 1 aromatic heterocycles. The summed E-state index contributed by atoms with van der Waals surface area (Å²) in [6.45, 7) is 3.27. The Hall–Kier alpha value is -2.27. The zero-order valence-electron chi connectivity index (χ0n) is 13.2. The largest absolute Gasteiger partial charge is 0.492 e. The van der Waals surface area contributed by atoms with Gasteiger partial charge in [0, 0.05) is 14.2 Å². The Balaban J connectivity index is 1.83. The highest BCUT2D eigenvalue weighted by Gasteiger charge is 2.15. The number of hydrogen-bond acceptors (Lipinski definition) is 4. The molecule has 0 saturated carbocycles. The number of carbonyl (C=O) groups excluding carboxylic acids is 1. The van der Waals surface area contributed by atoms with E-state index in [1.807, 2.05) is 31.2 Å². The number of amides is 1. The molecule has 0 aliphatic heterocycles. The van der Waals surface area contributed by atoms with Crippen molar-refractivity contribution in [2.45, 2.75) is 13.5 Å². The summed E-state index contributed by atoms with van der Waals surface area (Å²) in [5.41, 5.74) is 1.14. The first-order valence-corrected chi connectivity index (χ1v) is 7.12. The quantitative estimate of drug-likeness (QED) is 0.789. The Kier molecular flexibility index (Phi) is 5.61. The molecule has 0 saturated heterocycles. The van der Waals surface area contributed by atoms with Crippen molar-refractivity contribution >= 4 is 5.91 Å². The number of furan rings is 1. The van der Waals surface area contributed by atoms with Gasteiger partial charge in [-0.3, -0.25) is 4.79 Å². The van der Waals surface area contributed by atoms with E-state index in [2.05, 4.69) is 0 Å². The summed E-state index contributed by atoms with van der Waals surface area (Å²) >= 11 is 0. The number of hydrogen-bond donors (Lipinski definition) is 0. The second kappa shape index (κ2) is 7.66. The van der Waals surface area contributed by atoms with Gasteiger partial charge in [0.05, 0.1) is 6.54 Å². The van der Waals surface area contributed by atoms with Crippen LogP contribution in [0.5, 0.6) is 5.75 Å². The van der Waals surface area contributed by atoms with Crippen LogP contribution in [-0.4, -0.2) is 38.1 Å². The molecule has 1 aromatic carbocycles. The Bertz CT molecular complexity index is 621. The van der Waals surface area contributed by atoms with Gasteiger partial charge < -0.3 is 18.8 Å². The molecule has 2 aromatic rings. The minimum atomic E-state index is -0.171. The predicted molar refractivity (Wildman–Crippen MR) is 83.1 cm³/mol. The maximum atomic E-state index is 12.2. The smallest absolute Gasteiger partial charge is 0.289 e. The van der Waals surface area contributed by atoms with Crippen molar-refractivity contribution in [3.63, 3.8) is 0 Å². The first-order valence-electron chi connectivity index (χ1n) is 7.12. The van der Waals surface area contributed by atoms with Gasteiger partial charge in [-0.15, -0.1) is 0 Å². The normalized spacial score (nSPS) is 10.5. The van der Waals surface area contributed by atoms with Crippen molar-refractivity contribution in [2.24, 2.45) is 0 Å². The highest BCUT2D eigenvalue weighted by molar-refractivity contribution is 5.91. The lowest BCUT2D eigenvalue weighted by Crippen LogP contribution is -2.30. The number of aryl methyl sites for hydroxylation is 1. The van der Waals surface area contributed by atoms with Gasteiger partial charge in [-0.05, 0) is 36.8 Å². The molecule has 0 radical (unpaired) electrons. The fourth-order valence-electron chi connectivity index (χ4n) is 2.01. The molecular weight excluding hydrogens is 282 g/mol. The molecule has 0 unspecified atom stereocenters. The second-order valence-corrected chi connectivity index (χ2v) is 5.09. The van der Waals surface area contributed by atoms with Crippen LogP contribution in [0.4, 0.5) is 0 Å². The molecule has 0 fully saturated rings. The molecule has 0 spiro atoms. The Labute approximate surface area is 130 Å². The molecule has 1 amide bonds. The number of benzene rings is 1. The molecule has 0 aliphatic rings. The van der Waals surface area contributed by atoms with Crippen LogP contribution in [0.2, 0.25) is 0 Å². The van der Waals surface area contributed by atoms with Crippen molar-refractivity contribution in [3.8, 4) is 5.75 Å². The van der Waals surface area contributed by atoms with Gasteiger partial charge >= 0.3 is 0 Å². The molecule has 2 rings (SSSR count). The number of likely N-dealkylation sites (N-methyl/N-ethyl adjacent to an activating group) is 1. The van der Waals surface area contributed by atoms with E-state index in [0.717, 1.165) is 11.3 Å². The summed E-state index contributed by atoms with van der Waals surface area (Å²) in [7, 11) is 3.30. The lowest BCUT2D eigenvalue weighted by molar-refractivity contribution is 0.0734. The van der Waals surface area contributed by atoms with Crippen LogP contribution in [0, 0.1) is 6.92 Å². The van der Waals surface area contributed by atoms with Crippen molar-refractivity contribution < 1.29 is 18.7 Å². The molecule has 5 nitrogen and oxygen atoms in total. The zero-order valence-corrected chi connectivity index (χ0v) is 13.2. The molecule has 0 bridgehead atoms. The standard InChI is InChI=1S/C17H21NO4/c1-13-5-4-6-14(11-13)21-10-9-18(2)17(19)16-8-7-15(22-16)12-20-3/h4-8,11H,9-10,12H2,1-3H3. The van der Waals surface area contributed by atoms with E-state index in [4.69, 9.17) is 13.9 Å². The van der Waals surface area contributed by atoms with Gasteiger partial charge in [-0.2, -0.15) is 0 Å². The highest BCUT2D eigenvalue weighted by Crippen LogP contribution is 2.13. The second-order valence-electron chi connectivity index (χ2n) is 5.09. The maximum Gasteiger partial charge on any atom is 0.289 e. The number of rotatable bonds is 7. The van der Waals surface area contributed by atoms with E-state index in [0.29, 0.717) is 31.3 Å². The van der Waals surface area contributed by atoms with Crippen LogP contribution in [0.15, 0.2) is 40.8 Å². The maximum absolute atomic E-state index is 12.2. The molecule has 0 aliphatic carbocycles. The van der Waals surface area contributed by atoms with E-state index in [1.165, 1.54) is 0 Å². The predicted octanol–water partition coefficient (Wildman–Crippen LogP) is 2.89. The van der Waals surface area contributed by atoms with E-state index in [1.54, 1.807) is 31.2 Å². The molecular formula is C17H21NO4. The summed E-state index contributed by atoms with van der Waals surface area (Å²) in [5.74, 6) is 1.58. The first kappa shape index (κ1) is 16.1. The van der Waals surface area contributed by atoms with Crippen LogP contribution < -0.4 is 4.74 Å². The van der Waals surface area contributed by atoms with Crippen LogP contribution in [0.3, 0.4) is 0 Å². The van der Waals surface area contributed by atoms with Gasteiger partial charge in [0.2, 0.25) is 0 Å². The molecule has 1 heterocycles. The third-order valence-corrected chi connectivity index (χ3v) is 3.19. The van der Waals surface area contributed by atoms with Crippen LogP contribution in [0.1, 0.15) is 21.9 Å². The van der Waals surface area contributed by atoms with E-state index < -0.39 is 0 Å². The Morgan fingerprint density at radius 1 is 1.27 bits per heavy atom. The van der Waals surface area contributed by atoms with Gasteiger partial charge in [0.25, 0.3) is 5.91 Å². The third kappa shape index (κ3) is 4.36. The first-order chi connectivity index (χ1) is 10.6. The van der Waals surface area contributed by atoms with Crippen molar-refractivity contribution in [3.05, 3.63) is 53.5 Å². The molecule has 0 N–H and O–H groups in total. The lowest BCUT2D eigenvalue weighted by atomic mass is 10.2. The number of nitrogens with zero attached hydrogens (tertiary/aromatic N) is 1. The average Bonchev–Trinajstić information content (AvgIpc) is 2.95. The van der Waals surface area contributed by atoms with Gasteiger partial charge in [0.15, 0.2) is 5.76 Å². The minimum absolute atomic E-state index is 0.171. The van der Waals surface area contributed by atoms with Gasteiger partial charge in [-0.1, -0.05) is 12.1 Å².